The van der Waals surface area contributed by atoms with Gasteiger partial charge in [-0.25, -0.2) is 10.3 Å². The van der Waals surface area contributed by atoms with Gasteiger partial charge in [0.2, 0.25) is 5.91 Å². The number of rotatable bonds is 11. The van der Waals surface area contributed by atoms with Gasteiger partial charge in [-0.2, -0.15) is 0 Å². The predicted molar refractivity (Wildman–Crippen MR) is 150 cm³/mol. The summed E-state index contributed by atoms with van der Waals surface area (Å²) in [5, 5.41) is 18.9. The summed E-state index contributed by atoms with van der Waals surface area (Å²) in [5.74, 6) is -0.141. The molecule has 0 aliphatic carbocycles. The predicted octanol–water partition coefficient (Wildman–Crippen LogP) is 4.59. The van der Waals surface area contributed by atoms with Gasteiger partial charge in [0.1, 0.15) is 18.4 Å². The summed E-state index contributed by atoms with van der Waals surface area (Å²) in [6.45, 7) is 12.3. The molecule has 3 N–H and O–H groups in total. The zero-order valence-electron chi connectivity index (χ0n) is 24.4. The number of likely N-dealkylation sites (tertiary alicyclic amines) is 1. The van der Waals surface area contributed by atoms with E-state index in [9.17, 15) is 24.7 Å². The summed E-state index contributed by atoms with van der Waals surface area (Å²) in [6, 6.07) is 10.6. The topological polar surface area (TPSA) is 132 Å². The number of carbonyl (C=O) groups is 3. The van der Waals surface area contributed by atoms with Crippen molar-refractivity contribution in [3.8, 4) is 5.75 Å². The van der Waals surface area contributed by atoms with Crippen molar-refractivity contribution in [2.75, 3.05) is 13.1 Å². The van der Waals surface area contributed by atoms with Gasteiger partial charge in [0.05, 0.1) is 5.41 Å². The molecule has 1 fully saturated rings. The molecule has 0 saturated carbocycles. The number of aromatic nitrogens is 1. The van der Waals surface area contributed by atoms with Gasteiger partial charge in [-0.05, 0) is 103 Å². The molecule has 1 saturated heterocycles. The fraction of sp³-hybridized carbons (Fsp3) is 0.533. The van der Waals surface area contributed by atoms with Crippen LogP contribution in [0.3, 0.4) is 0 Å². The Labute approximate surface area is 236 Å². The molecule has 2 aromatic rings. The molecule has 1 aromatic carbocycles. The van der Waals surface area contributed by atoms with E-state index in [4.69, 9.17) is 4.74 Å². The molecule has 3 amide bonds. The highest BCUT2D eigenvalue weighted by Crippen LogP contribution is 2.38. The van der Waals surface area contributed by atoms with E-state index in [0.717, 1.165) is 22.5 Å². The Bertz CT molecular complexity index is 1190. The molecule has 0 radical (unpaired) electrons. The highest BCUT2D eigenvalue weighted by molar-refractivity contribution is 5.94. The van der Waals surface area contributed by atoms with Crippen LogP contribution in [-0.2, 0) is 21.6 Å². The Kier molecular flexibility index (Phi) is 9.78. The van der Waals surface area contributed by atoms with Gasteiger partial charge < -0.3 is 19.6 Å². The maximum absolute atomic E-state index is 13.7. The highest BCUT2D eigenvalue weighted by atomic mass is 16.5. The van der Waals surface area contributed by atoms with Crippen LogP contribution in [0.1, 0.15) is 75.9 Å². The molecule has 1 aromatic heterocycles. The third kappa shape index (κ3) is 7.29. The van der Waals surface area contributed by atoms with E-state index < -0.39 is 29.0 Å². The summed E-state index contributed by atoms with van der Waals surface area (Å²) in [5.41, 5.74) is 4.07. The minimum atomic E-state index is -0.999. The van der Waals surface area contributed by atoms with Crippen molar-refractivity contribution in [1.82, 2.24) is 20.3 Å². The van der Waals surface area contributed by atoms with E-state index in [1.54, 1.807) is 5.48 Å². The normalized spacial score (nSPS) is 18.0. The summed E-state index contributed by atoms with van der Waals surface area (Å²) in [6.07, 6.45) is 0.876. The van der Waals surface area contributed by atoms with Gasteiger partial charge in [0.25, 0.3) is 5.91 Å². The number of benzene rings is 1. The molecule has 2 unspecified atom stereocenters. The lowest BCUT2D eigenvalue weighted by atomic mass is 9.81. The Morgan fingerprint density at radius 2 is 1.77 bits per heavy atom. The number of pyridine rings is 1. The van der Waals surface area contributed by atoms with Gasteiger partial charge in [-0.1, -0.05) is 12.1 Å². The molecule has 218 valence electrons. The molecule has 2 heterocycles. The maximum atomic E-state index is 13.7. The van der Waals surface area contributed by atoms with Gasteiger partial charge >= 0.3 is 6.09 Å². The minimum absolute atomic E-state index is 0.181. The summed E-state index contributed by atoms with van der Waals surface area (Å²) >= 11 is 0. The number of hydroxylamine groups is 1. The van der Waals surface area contributed by atoms with Crippen LogP contribution in [0.15, 0.2) is 36.4 Å². The monoisotopic (exact) mass is 554 g/mol. The quantitative estimate of drug-likeness (QED) is 0.210. The van der Waals surface area contributed by atoms with E-state index in [1.807, 2.05) is 77.9 Å². The fourth-order valence-corrected chi connectivity index (χ4v) is 5.35. The van der Waals surface area contributed by atoms with E-state index in [-0.39, 0.29) is 5.91 Å². The second kappa shape index (κ2) is 12.7. The van der Waals surface area contributed by atoms with Gasteiger partial charge in [0.15, 0.2) is 0 Å². The van der Waals surface area contributed by atoms with Crippen LogP contribution in [0.5, 0.6) is 5.75 Å². The standard InChI is InChI=1S/C30H42N4O6/c1-20-17-22(18-21(2)31-20)19-40-24-12-10-23(11-13-24)30(6)14-16-33(27(30)36)25(26(35)32-39)9-7-8-15-34(28(37)38)29(3,4)5/h10-13,17-18,25,39H,7-9,14-16,19H2,1-6H3,(H,32,35)(H,37,38). The third-order valence-electron chi connectivity index (χ3n) is 7.56. The zero-order chi connectivity index (χ0) is 29.7. The average molecular weight is 555 g/mol. The number of hydrogen-bond donors (Lipinski definition) is 3. The number of amides is 3. The second-order valence-electron chi connectivity index (χ2n) is 11.7. The van der Waals surface area contributed by atoms with Crippen molar-refractivity contribution < 1.29 is 29.4 Å². The first-order chi connectivity index (χ1) is 18.8. The molecule has 0 bridgehead atoms. The van der Waals surface area contributed by atoms with Gasteiger partial charge in [-0.3, -0.25) is 19.8 Å². The first kappa shape index (κ1) is 30.9. The molecular weight excluding hydrogens is 512 g/mol. The van der Waals surface area contributed by atoms with Crippen molar-refractivity contribution in [2.24, 2.45) is 0 Å². The zero-order valence-corrected chi connectivity index (χ0v) is 24.4. The van der Waals surface area contributed by atoms with Crippen LogP contribution in [0.25, 0.3) is 0 Å². The van der Waals surface area contributed by atoms with Crippen molar-refractivity contribution in [3.05, 3.63) is 58.9 Å². The summed E-state index contributed by atoms with van der Waals surface area (Å²) in [4.78, 5) is 45.1. The number of carboxylic acid groups (broad SMARTS) is 1. The van der Waals surface area contributed by atoms with Crippen LogP contribution in [0.4, 0.5) is 4.79 Å². The molecule has 1 aliphatic heterocycles. The number of ether oxygens (including phenoxy) is 1. The number of nitrogens with zero attached hydrogens (tertiary/aromatic N) is 3. The Morgan fingerprint density at radius 1 is 1.15 bits per heavy atom. The number of carbonyl (C=O) groups excluding carboxylic acids is 2. The van der Waals surface area contributed by atoms with Gasteiger partial charge in [-0.15, -0.1) is 0 Å². The molecule has 3 rings (SSSR count). The Balaban J connectivity index is 1.64. The molecular formula is C30H42N4O6. The lowest BCUT2D eigenvalue weighted by Crippen LogP contribution is -2.49. The molecule has 10 heteroatoms. The fourth-order valence-electron chi connectivity index (χ4n) is 5.35. The molecule has 40 heavy (non-hydrogen) atoms. The van der Waals surface area contributed by atoms with Gasteiger partial charge in [0, 0.05) is 30.0 Å². The number of nitrogens with one attached hydrogen (secondary N) is 1. The lowest BCUT2D eigenvalue weighted by molar-refractivity contribution is -0.144. The first-order valence-electron chi connectivity index (χ1n) is 13.7. The van der Waals surface area contributed by atoms with E-state index in [1.165, 1.54) is 9.80 Å². The third-order valence-corrected chi connectivity index (χ3v) is 7.56. The van der Waals surface area contributed by atoms with Crippen LogP contribution in [-0.4, -0.2) is 67.7 Å². The van der Waals surface area contributed by atoms with E-state index in [2.05, 4.69) is 4.98 Å². The Hall–Kier alpha value is -3.66. The summed E-state index contributed by atoms with van der Waals surface area (Å²) < 4.78 is 5.95. The largest absolute Gasteiger partial charge is 0.489 e. The number of aryl methyl sites for hydroxylation is 2. The maximum Gasteiger partial charge on any atom is 0.407 e. The van der Waals surface area contributed by atoms with Crippen molar-refractivity contribution >= 4 is 17.9 Å². The van der Waals surface area contributed by atoms with Crippen LogP contribution in [0.2, 0.25) is 0 Å². The molecule has 0 spiro atoms. The summed E-state index contributed by atoms with van der Waals surface area (Å²) in [7, 11) is 0. The molecule has 2 atom stereocenters. The number of hydrogen-bond acceptors (Lipinski definition) is 6. The van der Waals surface area contributed by atoms with Crippen LogP contribution < -0.4 is 10.2 Å². The van der Waals surface area contributed by atoms with Crippen LogP contribution in [0, 0.1) is 13.8 Å². The first-order valence-corrected chi connectivity index (χ1v) is 13.7. The van der Waals surface area contributed by atoms with Crippen molar-refractivity contribution in [1.29, 1.82) is 0 Å². The lowest BCUT2D eigenvalue weighted by Gasteiger charge is -2.33. The minimum Gasteiger partial charge on any atom is -0.489 e. The van der Waals surface area contributed by atoms with Crippen LogP contribution >= 0.6 is 0 Å². The van der Waals surface area contributed by atoms with Crippen molar-refractivity contribution in [3.63, 3.8) is 0 Å². The second-order valence-corrected chi connectivity index (χ2v) is 11.7. The number of unbranched alkanes of at least 4 members (excludes halogenated alkanes) is 1. The highest BCUT2D eigenvalue weighted by Gasteiger charge is 2.47. The average Bonchev–Trinajstić information content (AvgIpc) is 3.18. The SMILES string of the molecule is Cc1cc(COc2ccc(C3(C)CCN(C(CCCCN(C(=O)O)C(C)(C)C)C(=O)NO)C3=O)cc2)cc(C)n1. The smallest absolute Gasteiger partial charge is 0.407 e. The molecule has 10 nitrogen and oxygen atoms in total. The van der Waals surface area contributed by atoms with E-state index >= 15 is 0 Å². The van der Waals surface area contributed by atoms with Crippen molar-refractivity contribution in [2.45, 2.75) is 90.8 Å². The molecule has 1 aliphatic rings. The Morgan fingerprint density at radius 3 is 2.33 bits per heavy atom. The van der Waals surface area contributed by atoms with E-state index in [0.29, 0.717) is 51.1 Å².